The Morgan fingerprint density at radius 2 is 1.94 bits per heavy atom. The van der Waals surface area contributed by atoms with Crippen molar-refractivity contribution in [3.05, 3.63) is 102 Å². The second-order valence-electron chi connectivity index (χ2n) is 7.52. The van der Waals surface area contributed by atoms with Crippen LogP contribution in [0.1, 0.15) is 16.1 Å². The second kappa shape index (κ2) is 8.51. The van der Waals surface area contributed by atoms with Crippen molar-refractivity contribution in [1.29, 1.82) is 0 Å². The minimum Gasteiger partial charge on any atom is -0.364 e. The van der Waals surface area contributed by atoms with Crippen LogP contribution in [0.5, 0.6) is 0 Å². The van der Waals surface area contributed by atoms with E-state index in [2.05, 4.69) is 20.3 Å². The Labute approximate surface area is 188 Å². The fourth-order valence-corrected chi connectivity index (χ4v) is 3.76. The van der Waals surface area contributed by atoms with Gasteiger partial charge in [0.1, 0.15) is 11.5 Å². The van der Waals surface area contributed by atoms with Gasteiger partial charge < -0.3 is 15.6 Å². The zero-order chi connectivity index (χ0) is 22.8. The number of carbonyl (C=O) groups excluding carboxylic acids is 1. The fourth-order valence-electron chi connectivity index (χ4n) is 3.76. The zero-order valence-electron chi connectivity index (χ0n) is 17.4. The molecule has 0 aliphatic heterocycles. The van der Waals surface area contributed by atoms with E-state index in [1.165, 1.54) is 12.1 Å². The van der Waals surface area contributed by atoms with E-state index in [-0.39, 0.29) is 5.82 Å². The first-order chi connectivity index (χ1) is 16.1. The number of hydrogen-bond donors (Lipinski definition) is 2. The molecule has 0 aliphatic carbocycles. The fraction of sp³-hybridized carbons (Fsp3) is 0.0400. The first-order valence-corrected chi connectivity index (χ1v) is 10.2. The predicted molar refractivity (Wildman–Crippen MR) is 125 cm³/mol. The molecule has 0 atom stereocenters. The van der Waals surface area contributed by atoms with Gasteiger partial charge in [0.25, 0.3) is 5.91 Å². The van der Waals surface area contributed by atoms with Crippen molar-refractivity contribution in [1.82, 2.24) is 19.5 Å². The van der Waals surface area contributed by atoms with Crippen molar-refractivity contribution in [3.63, 3.8) is 0 Å². The Hall–Kier alpha value is -4.59. The van der Waals surface area contributed by atoms with Gasteiger partial charge in [-0.15, -0.1) is 0 Å². The van der Waals surface area contributed by atoms with Crippen molar-refractivity contribution in [2.75, 3.05) is 5.32 Å². The Bertz CT molecular complexity index is 1460. The smallest absolute Gasteiger partial charge is 0.265 e. The van der Waals surface area contributed by atoms with Gasteiger partial charge in [-0.2, -0.15) is 0 Å². The summed E-state index contributed by atoms with van der Waals surface area (Å²) in [5.41, 5.74) is 9.90. The van der Waals surface area contributed by atoms with E-state index in [0.717, 1.165) is 33.4 Å². The summed E-state index contributed by atoms with van der Waals surface area (Å²) in [5, 5.41) is 4.02. The van der Waals surface area contributed by atoms with E-state index in [4.69, 9.17) is 5.73 Å². The van der Waals surface area contributed by atoms with Gasteiger partial charge >= 0.3 is 0 Å². The van der Waals surface area contributed by atoms with Gasteiger partial charge in [-0.05, 0) is 60.2 Å². The summed E-state index contributed by atoms with van der Waals surface area (Å²) < 4.78 is 15.4. The third-order valence-electron chi connectivity index (χ3n) is 5.25. The van der Waals surface area contributed by atoms with Crippen molar-refractivity contribution in [3.8, 4) is 11.3 Å². The SMILES string of the molecule is NC(=O)c1cc2cc(Nc3nccc(-c4cccnc4)n3)ccc2n1Cc1cccc(F)c1. The number of aromatic nitrogens is 4. The summed E-state index contributed by atoms with van der Waals surface area (Å²) in [6.07, 6.45) is 5.13. The van der Waals surface area contributed by atoms with Crippen LogP contribution in [0.2, 0.25) is 0 Å². The van der Waals surface area contributed by atoms with E-state index < -0.39 is 5.91 Å². The van der Waals surface area contributed by atoms with Gasteiger partial charge in [-0.1, -0.05) is 12.1 Å². The average molecular weight is 438 g/mol. The van der Waals surface area contributed by atoms with Gasteiger partial charge in [-0.3, -0.25) is 9.78 Å². The molecule has 162 valence electrons. The molecule has 0 aliphatic rings. The Morgan fingerprint density at radius 1 is 1.03 bits per heavy atom. The molecule has 3 N–H and O–H groups in total. The van der Waals surface area contributed by atoms with Crippen LogP contribution in [-0.2, 0) is 6.54 Å². The van der Waals surface area contributed by atoms with Crippen molar-refractivity contribution < 1.29 is 9.18 Å². The third kappa shape index (κ3) is 4.27. The molecule has 7 nitrogen and oxygen atoms in total. The molecule has 0 unspecified atom stereocenters. The van der Waals surface area contributed by atoms with Crippen LogP contribution >= 0.6 is 0 Å². The molecule has 5 rings (SSSR count). The topological polar surface area (TPSA) is 98.7 Å². The Morgan fingerprint density at radius 3 is 2.73 bits per heavy atom. The molecule has 0 fully saturated rings. The molecule has 1 amide bonds. The summed E-state index contributed by atoms with van der Waals surface area (Å²) in [6.45, 7) is 0.322. The maximum Gasteiger partial charge on any atom is 0.265 e. The minimum absolute atomic E-state index is 0.322. The lowest BCUT2D eigenvalue weighted by Gasteiger charge is -2.10. The predicted octanol–water partition coefficient (Wildman–Crippen LogP) is 4.52. The van der Waals surface area contributed by atoms with Crippen LogP contribution in [0.25, 0.3) is 22.2 Å². The lowest BCUT2D eigenvalue weighted by atomic mass is 10.2. The van der Waals surface area contributed by atoms with Crippen molar-refractivity contribution >= 4 is 28.4 Å². The number of nitrogens with one attached hydrogen (secondary N) is 1. The first-order valence-electron chi connectivity index (χ1n) is 10.2. The van der Waals surface area contributed by atoms with E-state index in [0.29, 0.717) is 18.2 Å². The lowest BCUT2D eigenvalue weighted by Crippen LogP contribution is -2.17. The van der Waals surface area contributed by atoms with Gasteiger partial charge in [0.2, 0.25) is 5.95 Å². The van der Waals surface area contributed by atoms with Crippen molar-refractivity contribution in [2.45, 2.75) is 6.54 Å². The first kappa shape index (κ1) is 20.3. The van der Waals surface area contributed by atoms with E-state index >= 15 is 0 Å². The molecule has 0 saturated carbocycles. The van der Waals surface area contributed by atoms with E-state index in [1.54, 1.807) is 35.3 Å². The number of halogens is 1. The normalized spacial score (nSPS) is 10.9. The Kier molecular flexibility index (Phi) is 5.24. The number of hydrogen-bond acceptors (Lipinski definition) is 5. The molecule has 3 aromatic heterocycles. The van der Waals surface area contributed by atoms with Gasteiger partial charge in [-0.25, -0.2) is 14.4 Å². The number of anilines is 2. The number of benzene rings is 2. The van der Waals surface area contributed by atoms with Crippen LogP contribution in [0.3, 0.4) is 0 Å². The van der Waals surface area contributed by atoms with Crippen LogP contribution in [0.4, 0.5) is 16.0 Å². The molecule has 8 heteroatoms. The Balaban J connectivity index is 1.47. The maximum atomic E-state index is 13.6. The zero-order valence-corrected chi connectivity index (χ0v) is 17.4. The van der Waals surface area contributed by atoms with E-state index in [1.807, 2.05) is 42.5 Å². The highest BCUT2D eigenvalue weighted by Gasteiger charge is 2.14. The van der Waals surface area contributed by atoms with Crippen molar-refractivity contribution in [2.24, 2.45) is 5.73 Å². The highest BCUT2D eigenvalue weighted by molar-refractivity contribution is 5.98. The number of primary amides is 1. The summed E-state index contributed by atoms with van der Waals surface area (Å²) >= 11 is 0. The number of amides is 1. The lowest BCUT2D eigenvalue weighted by molar-refractivity contribution is 0.0992. The molecule has 33 heavy (non-hydrogen) atoms. The molecule has 2 aromatic carbocycles. The average Bonchev–Trinajstić information content (AvgIpc) is 3.18. The van der Waals surface area contributed by atoms with Gasteiger partial charge in [0, 0.05) is 47.3 Å². The van der Waals surface area contributed by atoms with Crippen LogP contribution in [-0.4, -0.2) is 25.4 Å². The molecular weight excluding hydrogens is 419 g/mol. The highest BCUT2D eigenvalue weighted by atomic mass is 19.1. The maximum absolute atomic E-state index is 13.6. The standard InChI is InChI=1S/C25H19FN6O/c26-19-5-1-3-16(11-19)15-32-22-7-6-20(12-18(22)13-23(32)24(27)33)30-25-29-10-8-21(31-25)17-4-2-9-28-14-17/h1-14H,15H2,(H2,27,33)(H,29,30,31). The van der Waals surface area contributed by atoms with Gasteiger partial charge in [0.15, 0.2) is 0 Å². The number of nitrogens with two attached hydrogens (primary N) is 1. The summed E-state index contributed by atoms with van der Waals surface area (Å²) in [6, 6.07) is 19.2. The molecule has 0 saturated heterocycles. The monoisotopic (exact) mass is 438 g/mol. The number of carbonyl (C=O) groups is 1. The van der Waals surface area contributed by atoms with E-state index in [9.17, 15) is 9.18 Å². The second-order valence-corrected chi connectivity index (χ2v) is 7.52. The molecular formula is C25H19FN6O. The molecule has 0 bridgehead atoms. The number of fused-ring (bicyclic) bond motifs is 1. The number of pyridine rings is 1. The summed E-state index contributed by atoms with van der Waals surface area (Å²) in [4.78, 5) is 25.1. The van der Waals surface area contributed by atoms with Crippen LogP contribution in [0.15, 0.2) is 85.3 Å². The molecule has 0 spiro atoms. The number of nitrogens with zero attached hydrogens (tertiary/aromatic N) is 4. The molecule has 0 radical (unpaired) electrons. The largest absolute Gasteiger partial charge is 0.364 e. The highest BCUT2D eigenvalue weighted by Crippen LogP contribution is 2.26. The minimum atomic E-state index is -0.551. The molecule has 5 aromatic rings. The quantitative estimate of drug-likeness (QED) is 0.406. The van der Waals surface area contributed by atoms with Gasteiger partial charge in [0.05, 0.1) is 5.69 Å². The summed E-state index contributed by atoms with van der Waals surface area (Å²) in [7, 11) is 0. The third-order valence-corrected chi connectivity index (χ3v) is 5.25. The van der Waals surface area contributed by atoms with Crippen LogP contribution in [0, 0.1) is 5.82 Å². The number of rotatable bonds is 6. The van der Waals surface area contributed by atoms with Crippen LogP contribution < -0.4 is 11.1 Å². The molecule has 3 heterocycles. The summed E-state index contributed by atoms with van der Waals surface area (Å²) in [5.74, 6) is -0.445.